The van der Waals surface area contributed by atoms with E-state index < -0.39 is 5.97 Å². The standard InChI is InChI=1S/C17H13NO4/c19-17(20)16-12(10-18-6-2-1-3-13(16)18)11-4-5-14-15(9-11)22-8-7-21-14/h1-6,9-10H,7-8H2,(H,19,20). The SMILES string of the molecule is O=C(O)c1c(-c2ccc3c(c2)OCCO3)cn2ccccc12. The van der Waals surface area contributed by atoms with Gasteiger partial charge in [0.25, 0.3) is 0 Å². The molecule has 0 unspecified atom stereocenters. The summed E-state index contributed by atoms with van der Waals surface area (Å²) in [5.74, 6) is 0.393. The molecule has 5 nitrogen and oxygen atoms in total. The van der Waals surface area contributed by atoms with Gasteiger partial charge < -0.3 is 19.0 Å². The second-order valence-electron chi connectivity index (χ2n) is 5.07. The molecular formula is C17H13NO4. The Morgan fingerprint density at radius 3 is 2.73 bits per heavy atom. The number of carboxylic acid groups (broad SMARTS) is 1. The van der Waals surface area contributed by atoms with Crippen molar-refractivity contribution in [2.75, 3.05) is 13.2 Å². The minimum Gasteiger partial charge on any atom is -0.486 e. The topological polar surface area (TPSA) is 60.2 Å². The number of fused-ring (bicyclic) bond motifs is 2. The molecule has 1 aliphatic rings. The van der Waals surface area contributed by atoms with E-state index in [4.69, 9.17) is 9.47 Å². The normalized spacial score (nSPS) is 13.3. The van der Waals surface area contributed by atoms with Gasteiger partial charge in [0, 0.05) is 18.0 Å². The van der Waals surface area contributed by atoms with Crippen LogP contribution in [0.3, 0.4) is 0 Å². The van der Waals surface area contributed by atoms with Gasteiger partial charge >= 0.3 is 5.97 Å². The maximum atomic E-state index is 11.7. The summed E-state index contributed by atoms with van der Waals surface area (Å²) < 4.78 is 12.9. The number of pyridine rings is 1. The highest BCUT2D eigenvalue weighted by molar-refractivity contribution is 6.03. The molecular weight excluding hydrogens is 282 g/mol. The van der Waals surface area contributed by atoms with Gasteiger partial charge in [0.1, 0.15) is 13.2 Å². The second-order valence-corrected chi connectivity index (χ2v) is 5.07. The van der Waals surface area contributed by atoms with Gasteiger partial charge in [-0.05, 0) is 29.8 Å². The van der Waals surface area contributed by atoms with Crippen molar-refractivity contribution in [2.45, 2.75) is 0 Å². The third-order valence-corrected chi connectivity index (χ3v) is 3.75. The van der Waals surface area contributed by atoms with E-state index in [1.165, 1.54) is 0 Å². The Morgan fingerprint density at radius 1 is 1.09 bits per heavy atom. The predicted molar refractivity (Wildman–Crippen MR) is 80.8 cm³/mol. The van der Waals surface area contributed by atoms with E-state index in [1.807, 2.05) is 47.1 Å². The van der Waals surface area contributed by atoms with Gasteiger partial charge in [-0.1, -0.05) is 12.1 Å². The summed E-state index contributed by atoms with van der Waals surface area (Å²) in [6.07, 6.45) is 3.66. The summed E-state index contributed by atoms with van der Waals surface area (Å²) >= 11 is 0. The molecule has 0 atom stereocenters. The molecule has 5 heteroatoms. The van der Waals surface area contributed by atoms with Crippen molar-refractivity contribution >= 4 is 11.5 Å². The fraction of sp³-hybridized carbons (Fsp3) is 0.118. The van der Waals surface area contributed by atoms with Crippen molar-refractivity contribution in [3.63, 3.8) is 0 Å². The Bertz CT molecular complexity index is 881. The lowest BCUT2D eigenvalue weighted by Crippen LogP contribution is -2.15. The van der Waals surface area contributed by atoms with Crippen LogP contribution in [0.5, 0.6) is 11.5 Å². The average Bonchev–Trinajstić information content (AvgIpc) is 2.94. The third-order valence-electron chi connectivity index (χ3n) is 3.75. The smallest absolute Gasteiger partial charge is 0.338 e. The molecule has 0 spiro atoms. The summed E-state index contributed by atoms with van der Waals surface area (Å²) in [6, 6.07) is 11.0. The van der Waals surface area contributed by atoms with E-state index in [0.29, 0.717) is 35.8 Å². The van der Waals surface area contributed by atoms with E-state index >= 15 is 0 Å². The molecule has 3 heterocycles. The summed E-state index contributed by atoms with van der Waals surface area (Å²) in [4.78, 5) is 11.7. The molecule has 0 aliphatic carbocycles. The number of aromatic nitrogens is 1. The Morgan fingerprint density at radius 2 is 1.91 bits per heavy atom. The number of hydrogen-bond donors (Lipinski definition) is 1. The summed E-state index contributed by atoms with van der Waals surface area (Å²) in [6.45, 7) is 1.03. The zero-order chi connectivity index (χ0) is 15.1. The monoisotopic (exact) mass is 295 g/mol. The molecule has 3 aromatic rings. The molecule has 0 radical (unpaired) electrons. The van der Waals surface area contributed by atoms with Crippen LogP contribution in [-0.4, -0.2) is 28.7 Å². The van der Waals surface area contributed by atoms with Gasteiger partial charge in [0.15, 0.2) is 11.5 Å². The first-order valence-electron chi connectivity index (χ1n) is 6.97. The predicted octanol–water partition coefficient (Wildman–Crippen LogP) is 3.08. The van der Waals surface area contributed by atoms with Gasteiger partial charge in [0.05, 0.1) is 11.1 Å². The van der Waals surface area contributed by atoms with Gasteiger partial charge in [-0.25, -0.2) is 4.79 Å². The van der Waals surface area contributed by atoms with Crippen LogP contribution < -0.4 is 9.47 Å². The van der Waals surface area contributed by atoms with Gasteiger partial charge in [-0.2, -0.15) is 0 Å². The van der Waals surface area contributed by atoms with Crippen molar-refractivity contribution in [1.29, 1.82) is 0 Å². The van der Waals surface area contributed by atoms with Crippen molar-refractivity contribution in [3.8, 4) is 22.6 Å². The van der Waals surface area contributed by atoms with E-state index in [9.17, 15) is 9.90 Å². The molecule has 4 rings (SSSR count). The largest absolute Gasteiger partial charge is 0.486 e. The number of rotatable bonds is 2. The molecule has 0 saturated carbocycles. The molecule has 22 heavy (non-hydrogen) atoms. The lowest BCUT2D eigenvalue weighted by Gasteiger charge is -2.18. The van der Waals surface area contributed by atoms with Crippen LogP contribution in [0.15, 0.2) is 48.8 Å². The molecule has 2 aromatic heterocycles. The maximum Gasteiger partial charge on any atom is 0.338 e. The number of hydrogen-bond acceptors (Lipinski definition) is 3. The average molecular weight is 295 g/mol. The molecule has 1 aliphatic heterocycles. The minimum atomic E-state index is -0.946. The van der Waals surface area contributed by atoms with Gasteiger partial charge in [-0.15, -0.1) is 0 Å². The van der Waals surface area contributed by atoms with Crippen LogP contribution in [0, 0.1) is 0 Å². The van der Waals surface area contributed by atoms with Crippen LogP contribution in [-0.2, 0) is 0 Å². The zero-order valence-electron chi connectivity index (χ0n) is 11.7. The lowest BCUT2D eigenvalue weighted by atomic mass is 10.0. The van der Waals surface area contributed by atoms with E-state index in [1.54, 1.807) is 6.07 Å². The Balaban J connectivity index is 1.94. The molecule has 1 N–H and O–H groups in total. The molecule has 110 valence electrons. The summed E-state index contributed by atoms with van der Waals surface area (Å²) in [5, 5.41) is 9.58. The first kappa shape index (κ1) is 12.8. The van der Waals surface area contributed by atoms with Crippen LogP contribution in [0.1, 0.15) is 10.4 Å². The number of benzene rings is 1. The summed E-state index contributed by atoms with van der Waals surface area (Å²) in [5.41, 5.74) is 2.41. The fourth-order valence-corrected chi connectivity index (χ4v) is 2.78. The molecule has 0 bridgehead atoms. The highest BCUT2D eigenvalue weighted by Gasteiger charge is 2.20. The summed E-state index contributed by atoms with van der Waals surface area (Å²) in [7, 11) is 0. The Kier molecular flexibility index (Phi) is 2.79. The van der Waals surface area contributed by atoms with Crippen molar-refractivity contribution < 1.29 is 19.4 Å². The van der Waals surface area contributed by atoms with Gasteiger partial charge in [0.2, 0.25) is 0 Å². The molecule has 0 fully saturated rings. The van der Waals surface area contributed by atoms with Gasteiger partial charge in [-0.3, -0.25) is 0 Å². The first-order chi connectivity index (χ1) is 10.7. The maximum absolute atomic E-state index is 11.7. The minimum absolute atomic E-state index is 0.289. The van der Waals surface area contributed by atoms with Crippen LogP contribution >= 0.6 is 0 Å². The van der Waals surface area contributed by atoms with Crippen molar-refractivity contribution in [3.05, 3.63) is 54.4 Å². The number of nitrogens with zero attached hydrogens (tertiary/aromatic N) is 1. The lowest BCUT2D eigenvalue weighted by molar-refractivity contribution is 0.0700. The highest BCUT2D eigenvalue weighted by atomic mass is 16.6. The van der Waals surface area contributed by atoms with Crippen LogP contribution in [0.25, 0.3) is 16.6 Å². The molecule has 0 amide bonds. The number of aromatic carboxylic acids is 1. The zero-order valence-corrected chi connectivity index (χ0v) is 11.7. The molecule has 0 saturated heterocycles. The number of ether oxygens (including phenoxy) is 2. The number of carbonyl (C=O) groups is 1. The second kappa shape index (κ2) is 4.80. The Labute approximate surface area is 126 Å². The molecule has 1 aromatic carbocycles. The van der Waals surface area contributed by atoms with E-state index in [0.717, 1.165) is 5.56 Å². The van der Waals surface area contributed by atoms with E-state index in [-0.39, 0.29) is 5.56 Å². The van der Waals surface area contributed by atoms with Crippen molar-refractivity contribution in [1.82, 2.24) is 4.40 Å². The highest BCUT2D eigenvalue weighted by Crippen LogP contribution is 2.37. The van der Waals surface area contributed by atoms with Crippen molar-refractivity contribution in [2.24, 2.45) is 0 Å². The number of carboxylic acids is 1. The third kappa shape index (κ3) is 1.90. The van der Waals surface area contributed by atoms with Crippen LogP contribution in [0.2, 0.25) is 0 Å². The Hall–Kier alpha value is -2.95. The van der Waals surface area contributed by atoms with Crippen LogP contribution in [0.4, 0.5) is 0 Å². The first-order valence-corrected chi connectivity index (χ1v) is 6.97. The quantitative estimate of drug-likeness (QED) is 0.789. The fourth-order valence-electron chi connectivity index (χ4n) is 2.78. The van der Waals surface area contributed by atoms with E-state index in [2.05, 4.69) is 0 Å².